The highest BCUT2D eigenvalue weighted by Crippen LogP contribution is 2.45. The minimum Gasteiger partial charge on any atom is -0.496 e. The number of benzene rings is 1. The minimum atomic E-state index is -2.80. The average Bonchev–Trinajstić information content (AvgIpc) is 3.47. The molecule has 214 valence electrons. The molecule has 0 N–H and O–H groups in total. The van der Waals surface area contributed by atoms with Crippen LogP contribution in [0.25, 0.3) is 33.1 Å². The number of fused-ring (bicyclic) bond motifs is 3. The van der Waals surface area contributed by atoms with E-state index in [0.717, 1.165) is 39.1 Å². The van der Waals surface area contributed by atoms with E-state index in [2.05, 4.69) is 9.72 Å². The van der Waals surface area contributed by atoms with E-state index in [1.807, 2.05) is 26.0 Å². The SMILES string of the molecule is COc1cc2c(cc1-c1c(C)noc1C)ncc1nc(C3CCC(F)(F)CC3)n(C3CCC(OC(F)F)CC3)c12. The lowest BCUT2D eigenvalue weighted by Crippen LogP contribution is -2.28. The fourth-order valence-corrected chi connectivity index (χ4v) is 6.59. The van der Waals surface area contributed by atoms with Crippen molar-refractivity contribution in [2.24, 2.45) is 0 Å². The summed E-state index contributed by atoms with van der Waals surface area (Å²) in [4.78, 5) is 9.69. The van der Waals surface area contributed by atoms with Crippen molar-refractivity contribution in [1.29, 1.82) is 0 Å². The van der Waals surface area contributed by atoms with E-state index in [1.165, 1.54) is 0 Å². The third kappa shape index (κ3) is 4.82. The van der Waals surface area contributed by atoms with E-state index in [0.29, 0.717) is 55.6 Å². The summed E-state index contributed by atoms with van der Waals surface area (Å²) >= 11 is 0. The fraction of sp³-hybridized carbons (Fsp3) is 0.552. The second-order valence-corrected chi connectivity index (χ2v) is 11.1. The summed E-state index contributed by atoms with van der Waals surface area (Å²) < 4.78 is 72.1. The highest BCUT2D eigenvalue weighted by molar-refractivity contribution is 6.05. The second-order valence-electron chi connectivity index (χ2n) is 11.1. The molecule has 2 fully saturated rings. The number of nitrogens with zero attached hydrogens (tertiary/aromatic N) is 4. The Kier molecular flexibility index (Phi) is 6.96. The number of rotatable bonds is 6. The molecular formula is C29H32F4N4O3. The third-order valence-corrected chi connectivity index (χ3v) is 8.55. The van der Waals surface area contributed by atoms with E-state index >= 15 is 0 Å². The van der Waals surface area contributed by atoms with Gasteiger partial charge in [0.1, 0.15) is 22.9 Å². The summed E-state index contributed by atoms with van der Waals surface area (Å²) in [5.41, 5.74) is 4.65. The molecule has 3 aromatic heterocycles. The first-order valence-electron chi connectivity index (χ1n) is 13.8. The molecule has 2 aliphatic carbocycles. The van der Waals surface area contributed by atoms with E-state index in [9.17, 15) is 17.6 Å². The van der Waals surface area contributed by atoms with Crippen molar-refractivity contribution in [1.82, 2.24) is 19.7 Å². The van der Waals surface area contributed by atoms with Gasteiger partial charge >= 0.3 is 6.61 Å². The number of aryl methyl sites for hydroxylation is 2. The molecule has 0 saturated heterocycles. The molecule has 1 aromatic carbocycles. The lowest BCUT2D eigenvalue weighted by atomic mass is 9.85. The maximum Gasteiger partial charge on any atom is 0.345 e. The van der Waals surface area contributed by atoms with Gasteiger partial charge in [0.05, 0.1) is 41.7 Å². The van der Waals surface area contributed by atoms with Crippen LogP contribution in [0, 0.1) is 13.8 Å². The lowest BCUT2D eigenvalue weighted by Gasteiger charge is -2.33. The molecule has 4 aromatic rings. The molecule has 0 spiro atoms. The lowest BCUT2D eigenvalue weighted by molar-refractivity contribution is -0.171. The van der Waals surface area contributed by atoms with Gasteiger partial charge in [-0.1, -0.05) is 5.16 Å². The van der Waals surface area contributed by atoms with Crippen LogP contribution in [0.4, 0.5) is 17.6 Å². The number of imidazole rings is 1. The highest BCUT2D eigenvalue weighted by Gasteiger charge is 2.38. The Balaban J connectivity index is 1.50. The van der Waals surface area contributed by atoms with Crippen LogP contribution < -0.4 is 4.74 Å². The summed E-state index contributed by atoms with van der Waals surface area (Å²) in [7, 11) is 1.60. The van der Waals surface area contributed by atoms with Crippen LogP contribution in [0.15, 0.2) is 22.9 Å². The number of alkyl halides is 4. The Bertz CT molecular complexity index is 1510. The largest absolute Gasteiger partial charge is 0.496 e. The van der Waals surface area contributed by atoms with Crippen molar-refractivity contribution in [3.05, 3.63) is 35.6 Å². The third-order valence-electron chi connectivity index (χ3n) is 8.55. The van der Waals surface area contributed by atoms with Crippen molar-refractivity contribution in [2.75, 3.05) is 7.11 Å². The van der Waals surface area contributed by atoms with Gasteiger partial charge in [0.15, 0.2) is 0 Å². The molecule has 0 atom stereocenters. The van der Waals surface area contributed by atoms with Crippen LogP contribution in [-0.2, 0) is 4.74 Å². The van der Waals surface area contributed by atoms with Gasteiger partial charge < -0.3 is 18.6 Å². The predicted octanol–water partition coefficient (Wildman–Crippen LogP) is 7.88. The maximum absolute atomic E-state index is 14.1. The van der Waals surface area contributed by atoms with Gasteiger partial charge in [-0.05, 0) is 64.5 Å². The van der Waals surface area contributed by atoms with Crippen LogP contribution in [-0.4, -0.2) is 45.4 Å². The molecule has 11 heteroatoms. The molecule has 0 aliphatic heterocycles. The first-order chi connectivity index (χ1) is 19.1. The Morgan fingerprint density at radius 2 is 1.75 bits per heavy atom. The van der Waals surface area contributed by atoms with Crippen LogP contribution in [0.1, 0.15) is 80.6 Å². The van der Waals surface area contributed by atoms with Gasteiger partial charge in [0.2, 0.25) is 5.92 Å². The normalized spacial score (nSPS) is 22.0. The summed E-state index contributed by atoms with van der Waals surface area (Å²) in [5.74, 6) is -0.724. The van der Waals surface area contributed by atoms with Crippen LogP contribution >= 0.6 is 0 Å². The molecule has 0 bridgehead atoms. The number of ether oxygens (including phenoxy) is 2. The summed E-state index contributed by atoms with van der Waals surface area (Å²) in [6.07, 6.45) is 3.76. The summed E-state index contributed by atoms with van der Waals surface area (Å²) in [6.45, 7) is 0.915. The zero-order chi connectivity index (χ0) is 28.2. The molecule has 6 rings (SSSR count). The van der Waals surface area contributed by atoms with Gasteiger partial charge in [-0.15, -0.1) is 0 Å². The molecule has 0 unspecified atom stereocenters. The predicted molar refractivity (Wildman–Crippen MR) is 141 cm³/mol. The Labute approximate surface area is 228 Å². The topological polar surface area (TPSA) is 75.2 Å². The van der Waals surface area contributed by atoms with Gasteiger partial charge in [0, 0.05) is 35.8 Å². The van der Waals surface area contributed by atoms with E-state index in [4.69, 9.17) is 24.0 Å². The zero-order valence-corrected chi connectivity index (χ0v) is 22.7. The van der Waals surface area contributed by atoms with E-state index in [-0.39, 0.29) is 24.8 Å². The monoisotopic (exact) mass is 560 g/mol. The van der Waals surface area contributed by atoms with Gasteiger partial charge in [-0.3, -0.25) is 4.98 Å². The van der Waals surface area contributed by atoms with Crippen LogP contribution in [0.3, 0.4) is 0 Å². The Morgan fingerprint density at radius 1 is 1.02 bits per heavy atom. The molecule has 0 radical (unpaired) electrons. The number of halogens is 4. The number of hydrogen-bond donors (Lipinski definition) is 0. The average molecular weight is 561 g/mol. The second kappa shape index (κ2) is 10.3. The molecule has 3 heterocycles. The molecule has 2 aliphatic rings. The van der Waals surface area contributed by atoms with Gasteiger partial charge in [-0.25, -0.2) is 13.8 Å². The van der Waals surface area contributed by atoms with Crippen LogP contribution in [0.5, 0.6) is 5.75 Å². The number of aromatic nitrogens is 4. The van der Waals surface area contributed by atoms with Gasteiger partial charge in [-0.2, -0.15) is 8.78 Å². The molecular weight excluding hydrogens is 528 g/mol. The standard InChI is InChI=1S/C29H32F4N4O3/c1-15-25(16(2)40-36-15)21-12-22-20(13-24(21)38-3)26-23(14-34-22)35-27(17-8-10-29(32,33)11-9-17)37(26)18-4-6-19(7-5-18)39-28(30)31/h12-14,17-19,28H,4-11H2,1-3H3. The Hall–Kier alpha value is -3.21. The molecule has 0 amide bonds. The zero-order valence-electron chi connectivity index (χ0n) is 22.7. The van der Waals surface area contributed by atoms with Crippen molar-refractivity contribution >= 4 is 21.9 Å². The van der Waals surface area contributed by atoms with E-state index < -0.39 is 18.6 Å². The molecule has 2 saturated carbocycles. The number of hydrogen-bond acceptors (Lipinski definition) is 6. The fourth-order valence-electron chi connectivity index (χ4n) is 6.59. The van der Waals surface area contributed by atoms with E-state index in [1.54, 1.807) is 13.3 Å². The van der Waals surface area contributed by atoms with Crippen molar-refractivity contribution < 1.29 is 31.6 Å². The van der Waals surface area contributed by atoms with Gasteiger partial charge in [0.25, 0.3) is 0 Å². The molecule has 40 heavy (non-hydrogen) atoms. The smallest absolute Gasteiger partial charge is 0.345 e. The quantitative estimate of drug-likeness (QED) is 0.223. The highest BCUT2D eigenvalue weighted by atomic mass is 19.3. The van der Waals surface area contributed by atoms with Crippen molar-refractivity contribution in [3.63, 3.8) is 0 Å². The maximum atomic E-state index is 14.1. The first-order valence-corrected chi connectivity index (χ1v) is 13.8. The Morgan fingerprint density at radius 3 is 2.38 bits per heavy atom. The minimum absolute atomic E-state index is 0.0289. The van der Waals surface area contributed by atoms with Crippen LogP contribution in [0.2, 0.25) is 0 Å². The molecule has 7 nitrogen and oxygen atoms in total. The van der Waals surface area contributed by atoms with Crippen molar-refractivity contribution in [2.45, 2.75) is 95.8 Å². The number of methoxy groups -OCH3 is 1. The number of pyridine rings is 1. The summed E-state index contributed by atoms with van der Waals surface area (Å²) in [5, 5.41) is 4.92. The first kappa shape index (κ1) is 27.0. The van der Waals surface area contributed by atoms with Crippen molar-refractivity contribution in [3.8, 4) is 16.9 Å². The summed E-state index contributed by atoms with van der Waals surface area (Å²) in [6, 6.07) is 3.86.